The molecule has 8 heteroatoms. The smallest absolute Gasteiger partial charge is 0.308 e. The molecule has 3 atom stereocenters. The molecular weight excluding hydrogens is 306 g/mol. The zero-order valence-corrected chi connectivity index (χ0v) is 13.7. The molecule has 0 spiro atoms. The number of carbonyl (C=O) groups is 1. The summed E-state index contributed by atoms with van der Waals surface area (Å²) in [4.78, 5) is 15.6. The Bertz CT molecular complexity index is 710. The lowest BCUT2D eigenvalue weighted by Crippen LogP contribution is -2.38. The first-order valence-corrected chi connectivity index (χ1v) is 8.97. The van der Waals surface area contributed by atoms with Crippen molar-refractivity contribution in [3.63, 3.8) is 0 Å². The topological polar surface area (TPSA) is 92.5 Å². The lowest BCUT2D eigenvalue weighted by Gasteiger charge is -2.21. The molecule has 0 radical (unpaired) electrons. The highest BCUT2D eigenvalue weighted by Gasteiger charge is 2.54. The lowest BCUT2D eigenvalue weighted by atomic mass is 9.89. The van der Waals surface area contributed by atoms with Crippen LogP contribution >= 0.6 is 0 Å². The first kappa shape index (κ1) is 15.5. The van der Waals surface area contributed by atoms with E-state index in [4.69, 9.17) is 0 Å². The second-order valence-electron chi connectivity index (χ2n) is 6.52. The van der Waals surface area contributed by atoms with E-state index in [1.165, 1.54) is 10.5 Å². The second kappa shape index (κ2) is 5.06. The Balaban J connectivity index is 1.98. The van der Waals surface area contributed by atoms with Gasteiger partial charge in [0.15, 0.2) is 5.03 Å². The van der Waals surface area contributed by atoms with Crippen LogP contribution in [0.3, 0.4) is 0 Å². The molecule has 1 aromatic rings. The molecule has 1 N–H and O–H groups in total. The predicted molar refractivity (Wildman–Crippen MR) is 78.9 cm³/mol. The van der Waals surface area contributed by atoms with Crippen LogP contribution in [0, 0.1) is 5.92 Å². The highest BCUT2D eigenvalue weighted by Crippen LogP contribution is 2.44. The zero-order chi connectivity index (χ0) is 16.2. The Labute approximate surface area is 130 Å². The average Bonchev–Trinajstić information content (AvgIpc) is 3.09. The lowest BCUT2D eigenvalue weighted by molar-refractivity contribution is -0.142. The van der Waals surface area contributed by atoms with Gasteiger partial charge in [-0.1, -0.05) is 13.8 Å². The molecule has 2 saturated heterocycles. The number of fused-ring (bicyclic) bond motifs is 2. The maximum Gasteiger partial charge on any atom is 0.308 e. The van der Waals surface area contributed by atoms with E-state index in [0.717, 1.165) is 6.42 Å². The fourth-order valence-corrected chi connectivity index (χ4v) is 5.71. The van der Waals surface area contributed by atoms with E-state index in [0.29, 0.717) is 18.7 Å². The molecule has 3 rings (SSSR count). The van der Waals surface area contributed by atoms with Gasteiger partial charge in [-0.3, -0.25) is 4.79 Å². The first-order valence-electron chi connectivity index (χ1n) is 7.53. The molecular formula is C14H21N3O4S. The van der Waals surface area contributed by atoms with Crippen molar-refractivity contribution < 1.29 is 18.3 Å². The predicted octanol–water partition coefficient (Wildman–Crippen LogP) is 1.17. The average molecular weight is 327 g/mol. The van der Waals surface area contributed by atoms with Gasteiger partial charge in [-0.05, 0) is 19.3 Å². The number of hydrogen-bond donors (Lipinski definition) is 1. The maximum absolute atomic E-state index is 12.9. The van der Waals surface area contributed by atoms with Crippen LogP contribution in [0.4, 0.5) is 0 Å². The van der Waals surface area contributed by atoms with Gasteiger partial charge in [0.05, 0.1) is 5.92 Å². The summed E-state index contributed by atoms with van der Waals surface area (Å²) in [6.07, 6.45) is 3.28. The van der Waals surface area contributed by atoms with Crippen LogP contribution in [0.5, 0.6) is 0 Å². The molecule has 7 nitrogen and oxygen atoms in total. The quantitative estimate of drug-likeness (QED) is 0.896. The third kappa shape index (κ3) is 2.16. The van der Waals surface area contributed by atoms with Gasteiger partial charge in [0.2, 0.25) is 0 Å². The number of aliphatic carboxylic acids is 1. The van der Waals surface area contributed by atoms with Crippen LogP contribution in [-0.2, 0) is 21.9 Å². The number of carboxylic acid groups (broad SMARTS) is 1. The third-order valence-electron chi connectivity index (χ3n) is 4.74. The van der Waals surface area contributed by atoms with E-state index in [1.807, 2.05) is 13.8 Å². The van der Waals surface area contributed by atoms with Gasteiger partial charge in [0, 0.05) is 31.2 Å². The molecule has 3 unspecified atom stereocenters. The van der Waals surface area contributed by atoms with Gasteiger partial charge < -0.3 is 9.67 Å². The van der Waals surface area contributed by atoms with Crippen molar-refractivity contribution in [3.05, 3.63) is 12.0 Å². The fraction of sp³-hybridized carbons (Fsp3) is 0.714. The van der Waals surface area contributed by atoms with Crippen molar-refractivity contribution in [2.24, 2.45) is 13.0 Å². The molecule has 0 aromatic carbocycles. The summed E-state index contributed by atoms with van der Waals surface area (Å²) in [5.74, 6) is -0.672. The van der Waals surface area contributed by atoms with E-state index in [1.54, 1.807) is 11.6 Å². The molecule has 2 aliphatic heterocycles. The molecule has 2 fully saturated rings. The number of hydrogen-bond acceptors (Lipinski definition) is 4. The number of carboxylic acids is 1. The molecule has 1 aromatic heterocycles. The number of aryl methyl sites for hydroxylation is 1. The number of aromatic nitrogens is 2. The van der Waals surface area contributed by atoms with E-state index in [9.17, 15) is 18.3 Å². The Morgan fingerprint density at radius 1 is 1.41 bits per heavy atom. The number of rotatable bonds is 4. The second-order valence-corrected chi connectivity index (χ2v) is 8.31. The molecule has 22 heavy (non-hydrogen) atoms. The van der Waals surface area contributed by atoms with Crippen LogP contribution in [0.25, 0.3) is 0 Å². The van der Waals surface area contributed by atoms with Gasteiger partial charge in [-0.15, -0.1) is 0 Å². The van der Waals surface area contributed by atoms with Gasteiger partial charge in [-0.25, -0.2) is 13.4 Å². The summed E-state index contributed by atoms with van der Waals surface area (Å²) in [6.45, 7) is 3.91. The van der Waals surface area contributed by atoms with Crippen LogP contribution in [0.1, 0.15) is 44.9 Å². The van der Waals surface area contributed by atoms with Crippen molar-refractivity contribution in [1.29, 1.82) is 0 Å². The normalized spacial score (nSPS) is 28.6. The Morgan fingerprint density at radius 3 is 2.59 bits per heavy atom. The van der Waals surface area contributed by atoms with E-state index < -0.39 is 28.0 Å². The van der Waals surface area contributed by atoms with Crippen molar-refractivity contribution in [2.45, 2.75) is 56.1 Å². The number of nitrogens with zero attached hydrogens (tertiary/aromatic N) is 3. The minimum Gasteiger partial charge on any atom is -0.481 e. The largest absolute Gasteiger partial charge is 0.481 e. The molecule has 2 bridgehead atoms. The number of sulfonamides is 1. The van der Waals surface area contributed by atoms with Gasteiger partial charge in [-0.2, -0.15) is 4.31 Å². The van der Waals surface area contributed by atoms with Gasteiger partial charge in [0.1, 0.15) is 5.82 Å². The summed E-state index contributed by atoms with van der Waals surface area (Å²) in [5, 5.41) is 9.30. The summed E-state index contributed by atoms with van der Waals surface area (Å²) >= 11 is 0. The van der Waals surface area contributed by atoms with Crippen LogP contribution in [-0.4, -0.2) is 45.4 Å². The first-order chi connectivity index (χ1) is 10.2. The monoisotopic (exact) mass is 327 g/mol. The standard InChI is InChI=1S/C14H21N3O4S/c1-8(2)13-15-12(7-16(13)3)22(20,21)17-9-4-5-11(17)10(6-9)14(18)19/h7-11H,4-6H2,1-3H3,(H,18,19). The van der Waals surface area contributed by atoms with Crippen LogP contribution < -0.4 is 0 Å². The molecule has 0 saturated carbocycles. The van der Waals surface area contributed by atoms with Crippen molar-refractivity contribution in [3.8, 4) is 0 Å². The van der Waals surface area contributed by atoms with Gasteiger partial charge >= 0.3 is 5.97 Å². The Kier molecular flexibility index (Phi) is 3.56. The summed E-state index contributed by atoms with van der Waals surface area (Å²) in [7, 11) is -1.96. The Hall–Kier alpha value is -1.41. The molecule has 0 aliphatic carbocycles. The van der Waals surface area contributed by atoms with Crippen molar-refractivity contribution in [2.75, 3.05) is 0 Å². The highest BCUT2D eigenvalue weighted by atomic mass is 32.2. The zero-order valence-electron chi connectivity index (χ0n) is 12.9. The highest BCUT2D eigenvalue weighted by molar-refractivity contribution is 7.89. The minimum atomic E-state index is -3.74. The van der Waals surface area contributed by atoms with Gasteiger partial charge in [0.25, 0.3) is 10.0 Å². The maximum atomic E-state index is 12.9. The number of imidazole rings is 1. The van der Waals surface area contributed by atoms with Crippen LogP contribution in [0.15, 0.2) is 11.2 Å². The Morgan fingerprint density at radius 2 is 2.09 bits per heavy atom. The third-order valence-corrected chi connectivity index (χ3v) is 6.59. The summed E-state index contributed by atoms with van der Waals surface area (Å²) in [6, 6.07) is -0.641. The molecule has 3 heterocycles. The van der Waals surface area contributed by atoms with Crippen molar-refractivity contribution in [1.82, 2.24) is 13.9 Å². The molecule has 2 aliphatic rings. The SMILES string of the molecule is CC(C)c1nc(S(=O)(=O)N2C3CCC2C(C(=O)O)C3)cn1C. The van der Waals surface area contributed by atoms with Crippen molar-refractivity contribution >= 4 is 16.0 Å². The minimum absolute atomic E-state index is 0.0293. The van der Waals surface area contributed by atoms with Crippen LogP contribution in [0.2, 0.25) is 0 Å². The van der Waals surface area contributed by atoms with E-state index >= 15 is 0 Å². The molecule has 122 valence electrons. The van der Waals surface area contributed by atoms with E-state index in [-0.39, 0.29) is 17.0 Å². The summed E-state index contributed by atoms with van der Waals surface area (Å²) < 4.78 is 28.9. The molecule has 0 amide bonds. The summed E-state index contributed by atoms with van der Waals surface area (Å²) in [5.41, 5.74) is 0. The fourth-order valence-electron chi connectivity index (χ4n) is 3.80. The van der Waals surface area contributed by atoms with E-state index in [2.05, 4.69) is 4.98 Å².